The summed E-state index contributed by atoms with van der Waals surface area (Å²) in [6.45, 7) is 13.9. The van der Waals surface area contributed by atoms with Crippen LogP contribution in [0.15, 0.2) is 30.4 Å². The van der Waals surface area contributed by atoms with Crippen molar-refractivity contribution in [3.8, 4) is 0 Å². The highest BCUT2D eigenvalue weighted by atomic mass is 16.6. The lowest BCUT2D eigenvalue weighted by Gasteiger charge is -2.09. The SMILES string of the molecule is C=C(C)C(=O)OCCOCCOCCOCCOCCOCCOCCOCCOCCOCCOCCNc1ccc([N+](=O)[O-])cc1[N+](=O)[O-]. The molecule has 0 spiro atoms. The Kier molecular flexibility index (Phi) is 29.1. The van der Waals surface area contributed by atoms with Gasteiger partial charge in [0.2, 0.25) is 0 Å². The number of nitrogens with one attached hydrogen (secondary N) is 1. The molecule has 1 rings (SSSR count). The van der Waals surface area contributed by atoms with Crippen molar-refractivity contribution in [1.82, 2.24) is 0 Å². The number of carbonyl (C=O) groups excluding carboxylic acids is 1. The van der Waals surface area contributed by atoms with Crippen molar-refractivity contribution >= 4 is 23.0 Å². The highest BCUT2D eigenvalue weighted by Gasteiger charge is 2.19. The van der Waals surface area contributed by atoms with E-state index in [1.807, 2.05) is 0 Å². The Hall–Kier alpha value is -3.37. The predicted octanol–water partition coefficient (Wildman–Crippen LogP) is 2.20. The second kappa shape index (κ2) is 32.5. The quantitative estimate of drug-likeness (QED) is 0.0341. The molecule has 0 amide bonds. The number of anilines is 1. The standard InChI is InChI=1S/C32H53N3O16/c1-28(2)32(36)51-26-25-50-24-23-49-22-21-48-20-19-47-18-17-46-16-15-45-14-13-44-12-11-43-10-9-42-8-7-41-6-5-33-30-4-3-29(34(37)38)27-31(30)35(39)40/h3-4,27,33H,1,5-26H2,2H3. The summed E-state index contributed by atoms with van der Waals surface area (Å²) in [7, 11) is 0. The van der Waals surface area contributed by atoms with Gasteiger partial charge in [0, 0.05) is 18.2 Å². The largest absolute Gasteiger partial charge is 0.460 e. The van der Waals surface area contributed by atoms with Gasteiger partial charge in [0.25, 0.3) is 11.4 Å². The maximum atomic E-state index is 11.2. The second-order valence-electron chi connectivity index (χ2n) is 10.2. The van der Waals surface area contributed by atoms with Crippen LogP contribution in [-0.2, 0) is 56.9 Å². The Labute approximate surface area is 297 Å². The van der Waals surface area contributed by atoms with E-state index < -0.39 is 15.8 Å². The first kappa shape index (κ1) is 45.7. The Morgan fingerprint density at radius 3 is 1.22 bits per heavy atom. The minimum Gasteiger partial charge on any atom is -0.460 e. The number of hydrogen-bond donors (Lipinski definition) is 1. The van der Waals surface area contributed by atoms with E-state index in [-0.39, 0.29) is 36.8 Å². The molecule has 51 heavy (non-hydrogen) atoms. The number of benzene rings is 1. The van der Waals surface area contributed by atoms with Gasteiger partial charge in [-0.05, 0) is 13.0 Å². The third kappa shape index (κ3) is 27.0. The van der Waals surface area contributed by atoms with Crippen molar-refractivity contribution in [3.05, 3.63) is 50.6 Å². The zero-order valence-electron chi connectivity index (χ0n) is 29.4. The van der Waals surface area contributed by atoms with E-state index in [2.05, 4.69) is 11.9 Å². The summed E-state index contributed by atoms with van der Waals surface area (Å²) >= 11 is 0. The van der Waals surface area contributed by atoms with E-state index >= 15 is 0 Å². The first-order valence-electron chi connectivity index (χ1n) is 16.6. The van der Waals surface area contributed by atoms with Gasteiger partial charge in [0.15, 0.2) is 0 Å². The summed E-state index contributed by atoms with van der Waals surface area (Å²) in [5.41, 5.74) is -0.181. The number of esters is 1. The predicted molar refractivity (Wildman–Crippen MR) is 182 cm³/mol. The Balaban J connectivity index is 1.72. The third-order valence-electron chi connectivity index (χ3n) is 6.11. The molecule has 0 radical (unpaired) electrons. The summed E-state index contributed by atoms with van der Waals surface area (Å²) in [6.07, 6.45) is 0. The van der Waals surface area contributed by atoms with Crippen LogP contribution in [0.3, 0.4) is 0 Å². The molecule has 292 valence electrons. The lowest BCUT2D eigenvalue weighted by molar-refractivity contribution is -0.393. The Morgan fingerprint density at radius 2 is 0.902 bits per heavy atom. The van der Waals surface area contributed by atoms with Crippen LogP contribution < -0.4 is 5.32 Å². The maximum absolute atomic E-state index is 11.2. The van der Waals surface area contributed by atoms with Crippen molar-refractivity contribution in [1.29, 1.82) is 0 Å². The zero-order valence-corrected chi connectivity index (χ0v) is 29.4. The van der Waals surface area contributed by atoms with Gasteiger partial charge in [-0.2, -0.15) is 0 Å². The fourth-order valence-corrected chi connectivity index (χ4v) is 3.59. The van der Waals surface area contributed by atoms with Crippen molar-refractivity contribution in [2.75, 3.05) is 151 Å². The molecule has 0 aliphatic heterocycles. The molecular formula is C32H53N3O16. The van der Waals surface area contributed by atoms with Crippen molar-refractivity contribution < 1.29 is 66.7 Å². The summed E-state index contributed by atoms with van der Waals surface area (Å²) in [5, 5.41) is 24.8. The third-order valence-corrected chi connectivity index (χ3v) is 6.11. The lowest BCUT2D eigenvalue weighted by atomic mass is 10.2. The summed E-state index contributed by atoms with van der Waals surface area (Å²) in [5.74, 6) is -0.425. The average Bonchev–Trinajstić information content (AvgIpc) is 3.11. The van der Waals surface area contributed by atoms with Gasteiger partial charge < -0.3 is 57.4 Å². The van der Waals surface area contributed by atoms with Crippen LogP contribution in [0.1, 0.15) is 6.92 Å². The number of nitrogens with zero attached hydrogens (tertiary/aromatic N) is 2. The normalized spacial score (nSPS) is 11.1. The molecule has 0 heterocycles. The highest BCUT2D eigenvalue weighted by Crippen LogP contribution is 2.28. The second-order valence-corrected chi connectivity index (χ2v) is 10.2. The van der Waals surface area contributed by atoms with Crippen molar-refractivity contribution in [2.45, 2.75) is 6.92 Å². The summed E-state index contributed by atoms with van der Waals surface area (Å²) in [6, 6.07) is 3.42. The number of non-ortho nitro benzene ring substituents is 1. The van der Waals surface area contributed by atoms with Crippen LogP contribution in [0.25, 0.3) is 0 Å². The van der Waals surface area contributed by atoms with E-state index in [1.165, 1.54) is 12.1 Å². The summed E-state index contributed by atoms with van der Waals surface area (Å²) in [4.78, 5) is 31.8. The molecule has 0 aromatic heterocycles. The molecule has 1 aromatic carbocycles. The monoisotopic (exact) mass is 735 g/mol. The number of ether oxygens (including phenoxy) is 11. The average molecular weight is 736 g/mol. The van der Waals surface area contributed by atoms with Crippen LogP contribution in [0, 0.1) is 20.2 Å². The molecule has 0 unspecified atom stereocenters. The number of hydrogen-bond acceptors (Lipinski definition) is 17. The minimum atomic E-state index is -0.684. The van der Waals surface area contributed by atoms with Gasteiger partial charge in [0.05, 0.1) is 148 Å². The smallest absolute Gasteiger partial charge is 0.333 e. The molecule has 0 aliphatic carbocycles. The first-order chi connectivity index (χ1) is 24.8. The van der Waals surface area contributed by atoms with Gasteiger partial charge in [-0.25, -0.2) is 4.79 Å². The fourth-order valence-electron chi connectivity index (χ4n) is 3.59. The zero-order chi connectivity index (χ0) is 37.2. The number of nitro benzene ring substituents is 2. The van der Waals surface area contributed by atoms with Crippen LogP contribution in [0.4, 0.5) is 17.1 Å². The van der Waals surface area contributed by atoms with Crippen LogP contribution in [0.2, 0.25) is 0 Å². The number of rotatable bonds is 37. The van der Waals surface area contributed by atoms with E-state index in [0.29, 0.717) is 131 Å². The molecule has 0 bridgehead atoms. The van der Waals surface area contributed by atoms with Gasteiger partial charge in [-0.15, -0.1) is 0 Å². The lowest BCUT2D eigenvalue weighted by Crippen LogP contribution is -2.16. The van der Waals surface area contributed by atoms with Gasteiger partial charge >= 0.3 is 5.97 Å². The molecule has 19 nitrogen and oxygen atoms in total. The molecular weight excluding hydrogens is 682 g/mol. The van der Waals surface area contributed by atoms with Gasteiger partial charge in [-0.3, -0.25) is 20.2 Å². The van der Waals surface area contributed by atoms with E-state index in [0.717, 1.165) is 6.07 Å². The molecule has 0 saturated heterocycles. The highest BCUT2D eigenvalue weighted by molar-refractivity contribution is 5.86. The molecule has 0 aliphatic rings. The Bertz CT molecular complexity index is 1080. The molecule has 0 atom stereocenters. The van der Waals surface area contributed by atoms with Gasteiger partial charge in [-0.1, -0.05) is 6.58 Å². The number of carbonyl (C=O) groups is 1. The molecule has 0 fully saturated rings. The van der Waals surface area contributed by atoms with Crippen molar-refractivity contribution in [2.24, 2.45) is 0 Å². The summed E-state index contributed by atoms with van der Waals surface area (Å²) < 4.78 is 59.1. The number of nitro groups is 2. The van der Waals surface area contributed by atoms with Crippen LogP contribution in [-0.4, -0.2) is 161 Å². The van der Waals surface area contributed by atoms with Gasteiger partial charge in [0.1, 0.15) is 12.3 Å². The van der Waals surface area contributed by atoms with Crippen molar-refractivity contribution in [3.63, 3.8) is 0 Å². The molecule has 0 saturated carbocycles. The molecule has 1 N–H and O–H groups in total. The van der Waals surface area contributed by atoms with E-state index in [4.69, 9.17) is 52.1 Å². The molecule has 1 aromatic rings. The first-order valence-corrected chi connectivity index (χ1v) is 16.6. The Morgan fingerprint density at radius 1 is 0.569 bits per heavy atom. The maximum Gasteiger partial charge on any atom is 0.333 e. The van der Waals surface area contributed by atoms with E-state index in [1.54, 1.807) is 6.92 Å². The molecule has 19 heteroatoms. The topological polar surface area (TPSA) is 217 Å². The van der Waals surface area contributed by atoms with Crippen LogP contribution >= 0.6 is 0 Å². The fraction of sp³-hybridized carbons (Fsp3) is 0.719. The minimum absolute atomic E-state index is 0.181. The van der Waals surface area contributed by atoms with Crippen LogP contribution in [0.5, 0.6) is 0 Å². The van der Waals surface area contributed by atoms with E-state index in [9.17, 15) is 25.0 Å².